The SMILES string of the molecule is CCC(C)(CCN)NC(=O)c1c(C)oc(C)c1C. The maximum absolute atomic E-state index is 12.3. The van der Waals surface area contributed by atoms with Crippen molar-refractivity contribution in [2.75, 3.05) is 6.54 Å². The van der Waals surface area contributed by atoms with E-state index in [2.05, 4.69) is 12.2 Å². The largest absolute Gasteiger partial charge is 0.466 e. The summed E-state index contributed by atoms with van der Waals surface area (Å²) in [5, 5.41) is 3.08. The van der Waals surface area contributed by atoms with E-state index in [0.29, 0.717) is 17.9 Å². The highest BCUT2D eigenvalue weighted by molar-refractivity contribution is 5.97. The van der Waals surface area contributed by atoms with E-state index >= 15 is 0 Å². The molecule has 1 heterocycles. The Hall–Kier alpha value is -1.29. The summed E-state index contributed by atoms with van der Waals surface area (Å²) in [5.74, 6) is 1.41. The van der Waals surface area contributed by atoms with Crippen LogP contribution in [0.1, 0.15) is 54.1 Å². The molecule has 4 nitrogen and oxygen atoms in total. The van der Waals surface area contributed by atoms with Crippen LogP contribution >= 0.6 is 0 Å². The molecule has 1 aromatic heterocycles. The Bertz CT molecular complexity index is 437. The van der Waals surface area contributed by atoms with Crippen LogP contribution in [0.5, 0.6) is 0 Å². The van der Waals surface area contributed by atoms with Crippen LogP contribution in [0.4, 0.5) is 0 Å². The van der Waals surface area contributed by atoms with Gasteiger partial charge in [-0.3, -0.25) is 4.79 Å². The molecule has 0 spiro atoms. The van der Waals surface area contributed by atoms with Gasteiger partial charge in [0.25, 0.3) is 5.91 Å². The van der Waals surface area contributed by atoms with Crippen molar-refractivity contribution in [3.05, 3.63) is 22.6 Å². The van der Waals surface area contributed by atoms with Crippen LogP contribution in [0.25, 0.3) is 0 Å². The van der Waals surface area contributed by atoms with E-state index in [1.54, 1.807) is 0 Å². The highest BCUT2D eigenvalue weighted by atomic mass is 16.3. The normalized spacial score (nSPS) is 14.3. The van der Waals surface area contributed by atoms with Gasteiger partial charge < -0.3 is 15.5 Å². The minimum absolute atomic E-state index is 0.0698. The first-order valence-corrected chi connectivity index (χ1v) is 6.43. The third-order valence-corrected chi connectivity index (χ3v) is 3.68. The van der Waals surface area contributed by atoms with E-state index in [-0.39, 0.29) is 11.4 Å². The molecule has 4 heteroatoms. The van der Waals surface area contributed by atoms with Crippen molar-refractivity contribution in [3.63, 3.8) is 0 Å². The maximum atomic E-state index is 12.3. The standard InChI is InChI=1S/C14H24N2O2/c1-6-14(5,7-8-15)16-13(17)12-9(2)10(3)18-11(12)4/h6-8,15H2,1-5H3,(H,16,17). The molecule has 0 aromatic carbocycles. The predicted octanol–water partition coefficient (Wildman–Crippen LogP) is 2.45. The van der Waals surface area contributed by atoms with Crippen LogP contribution in [0.3, 0.4) is 0 Å². The third kappa shape index (κ3) is 2.93. The van der Waals surface area contributed by atoms with Crippen molar-refractivity contribution >= 4 is 5.91 Å². The van der Waals surface area contributed by atoms with Crippen LogP contribution in [-0.4, -0.2) is 18.0 Å². The summed E-state index contributed by atoms with van der Waals surface area (Å²) in [6, 6.07) is 0. The van der Waals surface area contributed by atoms with Crippen molar-refractivity contribution in [2.45, 2.75) is 53.0 Å². The zero-order valence-corrected chi connectivity index (χ0v) is 12.0. The minimum Gasteiger partial charge on any atom is -0.466 e. The lowest BCUT2D eigenvalue weighted by molar-refractivity contribution is 0.0898. The molecule has 0 aliphatic carbocycles. The summed E-state index contributed by atoms with van der Waals surface area (Å²) in [6.45, 7) is 10.2. The number of amides is 1. The van der Waals surface area contributed by atoms with Crippen molar-refractivity contribution in [1.29, 1.82) is 0 Å². The number of aryl methyl sites for hydroxylation is 2. The van der Waals surface area contributed by atoms with Crippen molar-refractivity contribution < 1.29 is 9.21 Å². The molecule has 0 saturated carbocycles. The second-order valence-corrected chi connectivity index (χ2v) is 5.12. The molecule has 18 heavy (non-hydrogen) atoms. The van der Waals surface area contributed by atoms with Crippen LogP contribution in [-0.2, 0) is 0 Å². The second-order valence-electron chi connectivity index (χ2n) is 5.12. The molecule has 1 aromatic rings. The Morgan fingerprint density at radius 3 is 2.33 bits per heavy atom. The highest BCUT2D eigenvalue weighted by Crippen LogP contribution is 2.22. The van der Waals surface area contributed by atoms with E-state index < -0.39 is 0 Å². The number of hydrogen-bond donors (Lipinski definition) is 2. The Morgan fingerprint density at radius 2 is 1.94 bits per heavy atom. The third-order valence-electron chi connectivity index (χ3n) is 3.68. The average molecular weight is 252 g/mol. The van der Waals surface area contributed by atoms with Crippen molar-refractivity contribution in [2.24, 2.45) is 5.73 Å². The molecule has 0 bridgehead atoms. The van der Waals surface area contributed by atoms with Crippen molar-refractivity contribution in [3.8, 4) is 0 Å². The molecule has 0 aliphatic heterocycles. The lowest BCUT2D eigenvalue weighted by Gasteiger charge is -2.29. The summed E-state index contributed by atoms with van der Waals surface area (Å²) in [5.41, 5.74) is 6.91. The number of carbonyl (C=O) groups excluding carboxylic acids is 1. The fourth-order valence-corrected chi connectivity index (χ4v) is 2.11. The topological polar surface area (TPSA) is 68.3 Å². The molecule has 0 fully saturated rings. The van der Waals surface area contributed by atoms with E-state index in [4.69, 9.17) is 10.2 Å². The van der Waals surface area contributed by atoms with E-state index in [9.17, 15) is 4.79 Å². The lowest BCUT2D eigenvalue weighted by Crippen LogP contribution is -2.47. The van der Waals surface area contributed by atoms with Gasteiger partial charge in [0.1, 0.15) is 11.5 Å². The Kier molecular flexibility index (Phi) is 4.57. The maximum Gasteiger partial charge on any atom is 0.255 e. The fraction of sp³-hybridized carbons (Fsp3) is 0.643. The van der Waals surface area contributed by atoms with E-state index in [1.807, 2.05) is 27.7 Å². The molecule has 102 valence electrons. The Balaban J connectivity index is 2.94. The van der Waals surface area contributed by atoms with Gasteiger partial charge in [-0.05, 0) is 47.1 Å². The average Bonchev–Trinajstić information content (AvgIpc) is 2.53. The second kappa shape index (κ2) is 5.57. The first-order chi connectivity index (χ1) is 8.34. The van der Waals surface area contributed by atoms with Gasteiger partial charge in [0.05, 0.1) is 5.56 Å². The van der Waals surface area contributed by atoms with Gasteiger partial charge >= 0.3 is 0 Å². The number of carbonyl (C=O) groups is 1. The van der Waals surface area contributed by atoms with Gasteiger partial charge in [0.2, 0.25) is 0 Å². The monoisotopic (exact) mass is 252 g/mol. The summed E-state index contributed by atoms with van der Waals surface area (Å²) in [6.07, 6.45) is 1.62. The van der Waals surface area contributed by atoms with Gasteiger partial charge in [-0.15, -0.1) is 0 Å². The van der Waals surface area contributed by atoms with Gasteiger partial charge in [0.15, 0.2) is 0 Å². The molecule has 0 saturated heterocycles. The molecule has 0 radical (unpaired) electrons. The predicted molar refractivity (Wildman–Crippen MR) is 72.8 cm³/mol. The molecule has 1 amide bonds. The summed E-state index contributed by atoms with van der Waals surface area (Å²) < 4.78 is 5.49. The molecule has 1 unspecified atom stereocenters. The summed E-state index contributed by atoms with van der Waals surface area (Å²) in [4.78, 5) is 12.3. The van der Waals surface area contributed by atoms with Crippen LogP contribution in [0.2, 0.25) is 0 Å². The van der Waals surface area contributed by atoms with Crippen LogP contribution < -0.4 is 11.1 Å². The number of nitrogens with two attached hydrogens (primary N) is 1. The fourth-order valence-electron chi connectivity index (χ4n) is 2.11. The van der Waals surface area contributed by atoms with Crippen LogP contribution in [0.15, 0.2) is 4.42 Å². The molecule has 1 atom stereocenters. The Morgan fingerprint density at radius 1 is 1.33 bits per heavy atom. The number of nitrogens with one attached hydrogen (secondary N) is 1. The molecular formula is C14H24N2O2. The number of rotatable bonds is 5. The van der Waals surface area contributed by atoms with Gasteiger partial charge in [-0.2, -0.15) is 0 Å². The van der Waals surface area contributed by atoms with E-state index in [1.165, 1.54) is 0 Å². The van der Waals surface area contributed by atoms with Gasteiger partial charge in [0, 0.05) is 11.1 Å². The zero-order chi connectivity index (χ0) is 13.9. The smallest absolute Gasteiger partial charge is 0.255 e. The van der Waals surface area contributed by atoms with Crippen molar-refractivity contribution in [1.82, 2.24) is 5.32 Å². The lowest BCUT2D eigenvalue weighted by atomic mass is 9.93. The molecule has 3 N–H and O–H groups in total. The zero-order valence-electron chi connectivity index (χ0n) is 12.0. The quantitative estimate of drug-likeness (QED) is 0.845. The van der Waals surface area contributed by atoms with E-state index in [0.717, 1.165) is 24.2 Å². The highest BCUT2D eigenvalue weighted by Gasteiger charge is 2.27. The first-order valence-electron chi connectivity index (χ1n) is 6.43. The molecule has 1 rings (SSSR count). The van der Waals surface area contributed by atoms with Gasteiger partial charge in [-0.25, -0.2) is 0 Å². The number of furan rings is 1. The summed E-state index contributed by atoms with van der Waals surface area (Å²) in [7, 11) is 0. The molecular weight excluding hydrogens is 228 g/mol. The summed E-state index contributed by atoms with van der Waals surface area (Å²) >= 11 is 0. The minimum atomic E-state index is -0.254. The van der Waals surface area contributed by atoms with Crippen LogP contribution in [0, 0.1) is 20.8 Å². The Labute approximate surface area is 109 Å². The number of hydrogen-bond acceptors (Lipinski definition) is 3. The molecule has 0 aliphatic rings. The van der Waals surface area contributed by atoms with Gasteiger partial charge in [-0.1, -0.05) is 6.92 Å². The first kappa shape index (κ1) is 14.8.